The van der Waals surface area contributed by atoms with Crippen molar-refractivity contribution in [1.29, 1.82) is 0 Å². The fraction of sp³-hybridized carbons (Fsp3) is 0.227. The maximum absolute atomic E-state index is 6.06. The zero-order valence-electron chi connectivity index (χ0n) is 16.3. The van der Waals surface area contributed by atoms with Gasteiger partial charge < -0.3 is 5.32 Å². The number of nitrogens with one attached hydrogen (secondary N) is 1. The van der Waals surface area contributed by atoms with Gasteiger partial charge >= 0.3 is 0 Å². The highest BCUT2D eigenvalue weighted by Crippen LogP contribution is 2.36. The van der Waals surface area contributed by atoms with Crippen molar-refractivity contribution in [2.75, 3.05) is 5.32 Å². The molecule has 0 bridgehead atoms. The van der Waals surface area contributed by atoms with Gasteiger partial charge in [0.2, 0.25) is 0 Å². The number of halogens is 1. The molecule has 6 nitrogen and oxygen atoms in total. The summed E-state index contributed by atoms with van der Waals surface area (Å²) in [5.41, 5.74) is 5.65. The van der Waals surface area contributed by atoms with Crippen LogP contribution in [0.3, 0.4) is 0 Å². The van der Waals surface area contributed by atoms with Crippen LogP contribution in [0.5, 0.6) is 0 Å². The second kappa shape index (κ2) is 7.04. The molecule has 0 saturated heterocycles. The molecule has 5 rings (SSSR count). The molecule has 7 heteroatoms. The first kappa shape index (κ1) is 17.9. The predicted octanol–water partition coefficient (Wildman–Crippen LogP) is 4.73. The Labute approximate surface area is 174 Å². The lowest BCUT2D eigenvalue weighted by atomic mass is 9.97. The molecule has 1 N–H and O–H groups in total. The Hall–Kier alpha value is -3.12. The van der Waals surface area contributed by atoms with Crippen molar-refractivity contribution in [3.63, 3.8) is 0 Å². The van der Waals surface area contributed by atoms with Gasteiger partial charge in [0, 0.05) is 35.9 Å². The lowest BCUT2D eigenvalue weighted by molar-refractivity contribution is 0.686. The summed E-state index contributed by atoms with van der Waals surface area (Å²) >= 11 is 6.06. The zero-order valence-corrected chi connectivity index (χ0v) is 17.1. The number of hydrogen-bond donors (Lipinski definition) is 1. The van der Waals surface area contributed by atoms with Crippen molar-refractivity contribution < 1.29 is 0 Å². The van der Waals surface area contributed by atoms with E-state index in [9.17, 15) is 0 Å². The van der Waals surface area contributed by atoms with Gasteiger partial charge in [0.1, 0.15) is 11.6 Å². The van der Waals surface area contributed by atoms with Gasteiger partial charge in [-0.05, 0) is 60.9 Å². The number of aromatic nitrogens is 5. The first-order valence-corrected chi connectivity index (χ1v) is 10.0. The average molecular weight is 405 g/mol. The second-order valence-corrected chi connectivity index (χ2v) is 7.85. The molecule has 0 radical (unpaired) electrons. The van der Waals surface area contributed by atoms with Crippen LogP contribution in [0.2, 0.25) is 5.02 Å². The largest absolute Gasteiger partial charge is 0.378 e. The minimum Gasteiger partial charge on any atom is -0.378 e. The van der Waals surface area contributed by atoms with Crippen LogP contribution in [0, 0.1) is 6.92 Å². The minimum atomic E-state index is 0.142. The average Bonchev–Trinajstić information content (AvgIpc) is 3.28. The first-order chi connectivity index (χ1) is 14.1. The third kappa shape index (κ3) is 3.29. The van der Waals surface area contributed by atoms with E-state index in [4.69, 9.17) is 11.6 Å². The van der Waals surface area contributed by atoms with Gasteiger partial charge in [0.05, 0.1) is 17.9 Å². The Bertz CT molecular complexity index is 1170. The fourth-order valence-electron chi connectivity index (χ4n) is 3.99. The summed E-state index contributed by atoms with van der Waals surface area (Å²) < 4.78 is 4.00. The van der Waals surface area contributed by atoms with Crippen molar-refractivity contribution in [3.05, 3.63) is 77.1 Å². The lowest BCUT2D eigenvalue weighted by Gasteiger charge is -2.22. The molecule has 0 unspecified atom stereocenters. The SMILES string of the molecule is Cc1nnc2n1-c1ccc(-c3cnn(C)c3)cc1[C@@H](Nc1ccc(Cl)cc1)CC2. The number of rotatable bonds is 3. The van der Waals surface area contributed by atoms with Crippen LogP contribution < -0.4 is 5.32 Å². The molecule has 0 amide bonds. The number of anilines is 1. The Kier molecular flexibility index (Phi) is 4.36. The molecule has 0 fully saturated rings. The van der Waals surface area contributed by atoms with Gasteiger partial charge in [-0.25, -0.2) is 0 Å². The summed E-state index contributed by atoms with van der Waals surface area (Å²) in [7, 11) is 1.94. The molecule has 29 heavy (non-hydrogen) atoms. The quantitative estimate of drug-likeness (QED) is 0.536. The highest BCUT2D eigenvalue weighted by molar-refractivity contribution is 6.30. The number of nitrogens with zero attached hydrogens (tertiary/aromatic N) is 5. The van der Waals surface area contributed by atoms with E-state index in [1.165, 1.54) is 5.56 Å². The Morgan fingerprint density at radius 2 is 1.90 bits per heavy atom. The third-order valence-electron chi connectivity index (χ3n) is 5.42. The molecular weight excluding hydrogens is 384 g/mol. The molecule has 2 aromatic carbocycles. The fourth-order valence-corrected chi connectivity index (χ4v) is 4.12. The molecule has 0 spiro atoms. The van der Waals surface area contributed by atoms with E-state index >= 15 is 0 Å². The van der Waals surface area contributed by atoms with E-state index in [-0.39, 0.29) is 6.04 Å². The predicted molar refractivity (Wildman–Crippen MR) is 114 cm³/mol. The Balaban J connectivity index is 1.62. The Morgan fingerprint density at radius 1 is 1.07 bits per heavy atom. The molecule has 4 aromatic rings. The minimum absolute atomic E-state index is 0.142. The highest BCUT2D eigenvalue weighted by atomic mass is 35.5. The number of fused-ring (bicyclic) bond motifs is 3. The molecular formula is C22H21ClN6. The number of benzene rings is 2. The van der Waals surface area contributed by atoms with E-state index < -0.39 is 0 Å². The van der Waals surface area contributed by atoms with Crippen LogP contribution >= 0.6 is 11.6 Å². The third-order valence-corrected chi connectivity index (χ3v) is 5.67. The van der Waals surface area contributed by atoms with Gasteiger partial charge in [0.15, 0.2) is 0 Å². The van der Waals surface area contributed by atoms with E-state index in [2.05, 4.69) is 43.4 Å². The second-order valence-electron chi connectivity index (χ2n) is 7.42. The summed E-state index contributed by atoms with van der Waals surface area (Å²) in [4.78, 5) is 0. The summed E-state index contributed by atoms with van der Waals surface area (Å²) in [5, 5.41) is 17.5. The van der Waals surface area contributed by atoms with Crippen molar-refractivity contribution in [3.8, 4) is 16.8 Å². The molecule has 3 heterocycles. The summed E-state index contributed by atoms with van der Waals surface area (Å²) in [5.74, 6) is 1.90. The topological polar surface area (TPSA) is 60.6 Å². The van der Waals surface area contributed by atoms with Gasteiger partial charge in [-0.3, -0.25) is 9.25 Å². The van der Waals surface area contributed by atoms with Crippen LogP contribution in [0.1, 0.15) is 29.7 Å². The first-order valence-electron chi connectivity index (χ1n) is 9.65. The molecule has 2 aromatic heterocycles. The molecule has 0 saturated carbocycles. The van der Waals surface area contributed by atoms with Crippen LogP contribution in [0.15, 0.2) is 54.9 Å². The van der Waals surface area contributed by atoms with Crippen LogP contribution in [0.4, 0.5) is 5.69 Å². The van der Waals surface area contributed by atoms with E-state index in [0.29, 0.717) is 0 Å². The monoisotopic (exact) mass is 404 g/mol. The van der Waals surface area contributed by atoms with Gasteiger partial charge in [-0.1, -0.05) is 17.7 Å². The maximum atomic E-state index is 6.06. The van der Waals surface area contributed by atoms with Crippen LogP contribution in [-0.2, 0) is 13.5 Å². The Morgan fingerprint density at radius 3 is 2.66 bits per heavy atom. The van der Waals surface area contributed by atoms with Crippen molar-refractivity contribution in [1.82, 2.24) is 24.5 Å². The smallest absolute Gasteiger partial charge is 0.137 e. The number of hydrogen-bond acceptors (Lipinski definition) is 4. The van der Waals surface area contributed by atoms with Gasteiger partial charge in [-0.15, -0.1) is 10.2 Å². The molecule has 1 atom stereocenters. The normalized spacial score (nSPS) is 15.5. The standard InChI is InChI=1S/C22H21ClN6/c1-14-26-27-22-10-8-20(25-18-6-4-17(23)5-7-18)19-11-15(3-9-21(19)29(14)22)16-12-24-28(2)13-16/h3-7,9,11-13,20,25H,8,10H2,1-2H3/t20-/m0/s1. The lowest BCUT2D eigenvalue weighted by Crippen LogP contribution is -2.12. The highest BCUT2D eigenvalue weighted by Gasteiger charge is 2.25. The van der Waals surface area contributed by atoms with Crippen LogP contribution in [-0.4, -0.2) is 24.5 Å². The molecule has 0 aliphatic carbocycles. The number of aryl methyl sites for hydroxylation is 3. The van der Waals surface area contributed by atoms with Crippen LogP contribution in [0.25, 0.3) is 16.8 Å². The summed E-state index contributed by atoms with van der Waals surface area (Å²) in [6.45, 7) is 2.00. The maximum Gasteiger partial charge on any atom is 0.137 e. The van der Waals surface area contributed by atoms with Crippen molar-refractivity contribution in [2.24, 2.45) is 7.05 Å². The summed E-state index contributed by atoms with van der Waals surface area (Å²) in [6.07, 6.45) is 5.71. The van der Waals surface area contributed by atoms with E-state index in [1.807, 2.05) is 55.3 Å². The zero-order chi connectivity index (χ0) is 20.0. The van der Waals surface area contributed by atoms with Gasteiger partial charge in [-0.2, -0.15) is 5.10 Å². The van der Waals surface area contributed by atoms with Crippen molar-refractivity contribution >= 4 is 17.3 Å². The van der Waals surface area contributed by atoms with E-state index in [0.717, 1.165) is 52.0 Å². The molecule has 1 aliphatic rings. The molecule has 1 aliphatic heterocycles. The molecule has 146 valence electrons. The van der Waals surface area contributed by atoms with Crippen molar-refractivity contribution in [2.45, 2.75) is 25.8 Å². The van der Waals surface area contributed by atoms with Gasteiger partial charge in [0.25, 0.3) is 0 Å². The summed E-state index contributed by atoms with van der Waals surface area (Å²) in [6, 6.07) is 14.6. The van der Waals surface area contributed by atoms with E-state index in [1.54, 1.807) is 0 Å².